The molecule has 0 aromatic heterocycles. The zero-order chi connectivity index (χ0) is 30.7. The standard InChI is InChI=1S/C34H52N2O5S/c1-9-10-14-34(38)28(32(2,3)4)19-24(20-29(34)33(5,6)7)31-36(30(37)22-42-31)16-11-15-35(8)17-18-39-25-12-13-26-27(21-25)41-23-40-26/h12-13,19-21,28,31,38H,9-11,14-18,22-23H2,1-8H3/t28?,31-,34?/m0/s1. The predicted octanol–water partition coefficient (Wildman–Crippen LogP) is 6.51. The molecule has 7 nitrogen and oxygen atoms in total. The van der Waals surface area contributed by atoms with E-state index in [1.807, 2.05) is 18.2 Å². The number of carbonyl (C=O) groups is 1. The van der Waals surface area contributed by atoms with Gasteiger partial charge in [0.2, 0.25) is 12.7 Å². The van der Waals surface area contributed by atoms with Crippen molar-refractivity contribution >= 4 is 17.7 Å². The van der Waals surface area contributed by atoms with E-state index < -0.39 is 5.60 Å². The Morgan fingerprint density at radius 2 is 1.86 bits per heavy atom. The van der Waals surface area contributed by atoms with Gasteiger partial charge in [-0.05, 0) is 60.5 Å². The minimum absolute atomic E-state index is 0.0185. The molecular weight excluding hydrogens is 548 g/mol. The maximum Gasteiger partial charge on any atom is 0.233 e. The Labute approximate surface area is 257 Å². The highest BCUT2D eigenvalue weighted by Crippen LogP contribution is 2.52. The predicted molar refractivity (Wildman–Crippen MR) is 171 cm³/mol. The van der Waals surface area contributed by atoms with E-state index in [0.717, 1.165) is 61.6 Å². The molecule has 1 N–H and O–H groups in total. The average Bonchev–Trinajstić information content (AvgIpc) is 3.52. The summed E-state index contributed by atoms with van der Waals surface area (Å²) in [6.45, 7) is 18.7. The average molecular weight is 601 g/mol. The number of unbranched alkanes of at least 4 members (excludes halogenated alkanes) is 1. The van der Waals surface area contributed by atoms with Crippen molar-refractivity contribution in [3.63, 3.8) is 0 Å². The molecule has 0 saturated carbocycles. The van der Waals surface area contributed by atoms with Gasteiger partial charge in [-0.1, -0.05) is 73.5 Å². The summed E-state index contributed by atoms with van der Waals surface area (Å²) in [5.41, 5.74) is 1.07. The molecule has 0 bridgehead atoms. The van der Waals surface area contributed by atoms with Gasteiger partial charge in [0.1, 0.15) is 17.7 Å². The third-order valence-electron chi connectivity index (χ3n) is 8.58. The Balaban J connectivity index is 1.39. The molecule has 2 heterocycles. The number of ether oxygens (including phenoxy) is 3. The third-order valence-corrected chi connectivity index (χ3v) is 9.84. The van der Waals surface area contributed by atoms with Crippen LogP contribution in [0.2, 0.25) is 0 Å². The summed E-state index contributed by atoms with van der Waals surface area (Å²) < 4.78 is 16.7. The Morgan fingerprint density at radius 3 is 2.55 bits per heavy atom. The number of rotatable bonds is 12. The van der Waals surface area contributed by atoms with Crippen molar-refractivity contribution in [2.24, 2.45) is 16.7 Å². The lowest BCUT2D eigenvalue weighted by Gasteiger charge is -2.50. The molecule has 0 spiro atoms. The topological polar surface area (TPSA) is 71.5 Å². The van der Waals surface area contributed by atoms with Crippen molar-refractivity contribution in [2.45, 2.75) is 85.1 Å². The number of likely N-dealkylation sites (N-methyl/N-ethyl adjacent to an activating group) is 1. The van der Waals surface area contributed by atoms with Crippen molar-refractivity contribution < 1.29 is 24.1 Å². The van der Waals surface area contributed by atoms with Gasteiger partial charge < -0.3 is 29.1 Å². The quantitative estimate of drug-likeness (QED) is 0.293. The number of nitrogens with zero attached hydrogens (tertiary/aromatic N) is 2. The summed E-state index contributed by atoms with van der Waals surface area (Å²) in [5.74, 6) is 2.92. The number of amides is 1. The number of hydrogen-bond donors (Lipinski definition) is 1. The van der Waals surface area contributed by atoms with Crippen molar-refractivity contribution in [3.05, 3.63) is 41.5 Å². The van der Waals surface area contributed by atoms with Crippen LogP contribution < -0.4 is 14.2 Å². The number of thioether (sulfide) groups is 1. The van der Waals surface area contributed by atoms with Gasteiger partial charge in [-0.3, -0.25) is 4.79 Å². The molecule has 42 heavy (non-hydrogen) atoms. The molecule has 1 amide bonds. The molecule has 1 aromatic carbocycles. The molecule has 3 atom stereocenters. The van der Waals surface area contributed by atoms with Crippen molar-refractivity contribution in [1.29, 1.82) is 0 Å². The van der Waals surface area contributed by atoms with Gasteiger partial charge in [-0.2, -0.15) is 0 Å². The van der Waals surface area contributed by atoms with E-state index in [9.17, 15) is 9.90 Å². The van der Waals surface area contributed by atoms with Crippen LogP contribution in [-0.2, 0) is 4.79 Å². The number of hydrogen-bond acceptors (Lipinski definition) is 7. The second kappa shape index (κ2) is 13.2. The SMILES string of the molecule is CCCCC1(O)C(C(C)(C)C)=CC([C@@H]2SCC(=O)N2CCCN(C)CCOc2ccc3c(c2)OCO3)=CC1C(C)(C)C. The molecule has 234 valence electrons. The van der Waals surface area contributed by atoms with Crippen LogP contribution in [0.4, 0.5) is 0 Å². The Morgan fingerprint density at radius 1 is 1.12 bits per heavy atom. The molecule has 1 aliphatic carbocycles. The number of aliphatic hydroxyl groups is 1. The molecule has 4 rings (SSSR count). The molecular formula is C34H52N2O5S. The fourth-order valence-electron chi connectivity index (χ4n) is 6.44. The van der Waals surface area contributed by atoms with Crippen LogP contribution in [0.1, 0.15) is 74.1 Å². The Hall–Kier alpha value is -2.16. The van der Waals surface area contributed by atoms with E-state index in [1.54, 1.807) is 11.8 Å². The van der Waals surface area contributed by atoms with Crippen molar-refractivity contribution in [3.8, 4) is 17.2 Å². The fourth-order valence-corrected chi connectivity index (χ4v) is 7.65. The van der Waals surface area contributed by atoms with Gasteiger partial charge in [-0.25, -0.2) is 0 Å². The first kappa shape index (κ1) is 32.7. The zero-order valence-electron chi connectivity index (χ0n) is 27.0. The smallest absolute Gasteiger partial charge is 0.233 e. The number of fused-ring (bicyclic) bond motifs is 1. The third kappa shape index (κ3) is 7.48. The molecule has 8 heteroatoms. The second-order valence-corrected chi connectivity index (χ2v) is 15.2. The van der Waals surface area contributed by atoms with E-state index in [4.69, 9.17) is 14.2 Å². The number of carbonyl (C=O) groups excluding carboxylic acids is 1. The van der Waals surface area contributed by atoms with E-state index in [1.165, 1.54) is 5.57 Å². The molecule has 1 aromatic rings. The van der Waals surface area contributed by atoms with Gasteiger partial charge >= 0.3 is 0 Å². The van der Waals surface area contributed by atoms with Gasteiger partial charge in [0.15, 0.2) is 11.5 Å². The zero-order valence-corrected chi connectivity index (χ0v) is 27.8. The van der Waals surface area contributed by atoms with Gasteiger partial charge in [-0.15, -0.1) is 11.8 Å². The lowest BCUT2D eigenvalue weighted by Crippen LogP contribution is -2.50. The first-order chi connectivity index (χ1) is 19.7. The molecule has 1 saturated heterocycles. The summed E-state index contributed by atoms with van der Waals surface area (Å²) in [4.78, 5) is 17.4. The minimum Gasteiger partial charge on any atom is -0.492 e. The molecule has 2 unspecified atom stereocenters. The highest BCUT2D eigenvalue weighted by molar-refractivity contribution is 8.01. The van der Waals surface area contributed by atoms with Crippen LogP contribution in [0.15, 0.2) is 41.5 Å². The van der Waals surface area contributed by atoms with Crippen LogP contribution in [0.5, 0.6) is 17.2 Å². The van der Waals surface area contributed by atoms with E-state index in [-0.39, 0.29) is 34.8 Å². The van der Waals surface area contributed by atoms with Crippen LogP contribution >= 0.6 is 11.8 Å². The first-order valence-electron chi connectivity index (χ1n) is 15.5. The van der Waals surface area contributed by atoms with Crippen LogP contribution in [0, 0.1) is 16.7 Å². The maximum atomic E-state index is 13.1. The van der Waals surface area contributed by atoms with E-state index in [2.05, 4.69) is 77.5 Å². The maximum absolute atomic E-state index is 13.1. The molecule has 1 fully saturated rings. The molecule has 2 aliphatic heterocycles. The Kier molecular flexibility index (Phi) is 10.3. The van der Waals surface area contributed by atoms with Crippen LogP contribution in [0.25, 0.3) is 0 Å². The summed E-state index contributed by atoms with van der Waals surface area (Å²) in [7, 11) is 2.09. The van der Waals surface area contributed by atoms with Crippen molar-refractivity contribution in [2.75, 3.05) is 45.8 Å². The second-order valence-electron chi connectivity index (χ2n) is 14.1. The first-order valence-corrected chi connectivity index (χ1v) is 16.6. The monoisotopic (exact) mass is 600 g/mol. The van der Waals surface area contributed by atoms with Gasteiger partial charge in [0, 0.05) is 25.1 Å². The largest absolute Gasteiger partial charge is 0.492 e. The summed E-state index contributed by atoms with van der Waals surface area (Å²) in [5, 5.41) is 12.3. The normalized spacial score (nSPS) is 24.3. The highest BCUT2D eigenvalue weighted by atomic mass is 32.2. The van der Waals surface area contributed by atoms with E-state index in [0.29, 0.717) is 18.9 Å². The van der Waals surface area contributed by atoms with Crippen LogP contribution in [-0.4, -0.2) is 77.6 Å². The molecule has 0 radical (unpaired) electrons. The molecule has 3 aliphatic rings. The van der Waals surface area contributed by atoms with E-state index >= 15 is 0 Å². The highest BCUT2D eigenvalue weighted by Gasteiger charge is 2.50. The minimum atomic E-state index is -0.889. The fraction of sp³-hybridized carbons (Fsp3) is 0.676. The Bertz CT molecular complexity index is 1170. The van der Waals surface area contributed by atoms with Gasteiger partial charge in [0.05, 0.1) is 11.4 Å². The van der Waals surface area contributed by atoms with Gasteiger partial charge in [0.25, 0.3) is 0 Å². The summed E-state index contributed by atoms with van der Waals surface area (Å²) in [6.07, 6.45) is 8.21. The lowest BCUT2D eigenvalue weighted by atomic mass is 9.59. The van der Waals surface area contributed by atoms with Crippen LogP contribution in [0.3, 0.4) is 0 Å². The lowest BCUT2D eigenvalue weighted by molar-refractivity contribution is -0.127. The summed E-state index contributed by atoms with van der Waals surface area (Å²) >= 11 is 1.72. The summed E-state index contributed by atoms with van der Waals surface area (Å²) in [6, 6.07) is 5.64. The number of benzene rings is 1. The van der Waals surface area contributed by atoms with Crippen molar-refractivity contribution in [1.82, 2.24) is 9.80 Å².